The number of halogens is 6. The summed E-state index contributed by atoms with van der Waals surface area (Å²) in [5.41, 5.74) is -12.4. The number of rotatable bonds is 2. The van der Waals surface area contributed by atoms with Crippen molar-refractivity contribution in [3.05, 3.63) is 4.13 Å². The van der Waals surface area contributed by atoms with Crippen LogP contribution in [0.2, 0.25) is 0 Å². The van der Waals surface area contributed by atoms with Gasteiger partial charge in [0.2, 0.25) is 0 Å². The van der Waals surface area contributed by atoms with Crippen molar-refractivity contribution in [1.29, 1.82) is 0 Å². The van der Waals surface area contributed by atoms with Gasteiger partial charge in [0.25, 0.3) is 0 Å². The van der Waals surface area contributed by atoms with Crippen molar-refractivity contribution in [1.82, 2.24) is 0 Å². The van der Waals surface area contributed by atoms with Crippen molar-refractivity contribution in [2.75, 3.05) is 0 Å². The molecule has 0 aliphatic rings. The molecule has 0 aliphatic carbocycles. The van der Waals surface area contributed by atoms with Gasteiger partial charge in [0.1, 0.15) is 0 Å². The first-order chi connectivity index (χ1) is 6.21. The molecule has 0 radical (unpaired) electrons. The Morgan fingerprint density at radius 3 is 1.00 bits per heavy atom. The summed E-state index contributed by atoms with van der Waals surface area (Å²) in [4.78, 5) is 0. The van der Waals surface area contributed by atoms with Gasteiger partial charge in [-0.05, 0) is 0 Å². The van der Waals surface area contributed by atoms with Crippen LogP contribution in [0.5, 0.6) is 0 Å². The zero-order chi connectivity index (χ0) is 12.7. The zero-order valence-corrected chi connectivity index (χ0v) is 11.5. The van der Waals surface area contributed by atoms with Crippen LogP contribution >= 0.6 is 0 Å². The van der Waals surface area contributed by atoms with E-state index < -0.39 is 31.1 Å². The summed E-state index contributed by atoms with van der Waals surface area (Å²) < 4.78 is 109. The second kappa shape index (κ2) is 4.74. The molecule has 0 aromatic heterocycles. The maximum atomic E-state index is 11.4. The van der Waals surface area contributed by atoms with E-state index >= 15 is 0 Å². The molecule has 0 aliphatic heterocycles. The Labute approximate surface area is 98.1 Å². The van der Waals surface area contributed by atoms with Crippen LogP contribution in [-0.4, -0.2) is 27.9 Å². The SMILES string of the molecule is O=S(=O)([N-]S(=O)(=O)C(F)(F)F)C(F)(F)F.[Zn+2]. The number of hydrogen-bond acceptors (Lipinski definition) is 4. The van der Waals surface area contributed by atoms with Gasteiger partial charge in [-0.3, -0.25) is 0 Å². The predicted octanol–water partition coefficient (Wildman–Crippen LogP) is 1.06. The van der Waals surface area contributed by atoms with Crippen LogP contribution in [0.3, 0.4) is 0 Å². The van der Waals surface area contributed by atoms with Crippen LogP contribution in [0.15, 0.2) is 0 Å². The number of alkyl halides is 6. The first-order valence-corrected chi connectivity index (χ1v) is 5.45. The summed E-state index contributed by atoms with van der Waals surface area (Å²) in [5.74, 6) is 0. The third-order valence-electron chi connectivity index (χ3n) is 0.781. The van der Waals surface area contributed by atoms with Crippen LogP contribution in [-0.2, 0) is 39.5 Å². The van der Waals surface area contributed by atoms with E-state index in [0.717, 1.165) is 4.13 Å². The average molecular weight is 346 g/mol. The van der Waals surface area contributed by atoms with Crippen LogP contribution in [0.1, 0.15) is 0 Å². The molecule has 0 spiro atoms. The topological polar surface area (TPSA) is 82.4 Å². The summed E-state index contributed by atoms with van der Waals surface area (Å²) in [5, 5.41) is 0. The van der Waals surface area contributed by atoms with Gasteiger partial charge >= 0.3 is 30.5 Å². The van der Waals surface area contributed by atoms with Gasteiger partial charge < -0.3 is 4.13 Å². The van der Waals surface area contributed by atoms with Crippen molar-refractivity contribution in [3.8, 4) is 0 Å². The summed E-state index contributed by atoms with van der Waals surface area (Å²) in [7, 11) is -13.4. The van der Waals surface area contributed by atoms with E-state index in [9.17, 15) is 43.2 Å². The third-order valence-corrected chi connectivity index (χ3v) is 3.52. The van der Waals surface area contributed by atoms with Gasteiger partial charge in [-0.2, -0.15) is 26.3 Å². The van der Waals surface area contributed by atoms with Gasteiger partial charge in [0.05, 0.1) is 0 Å². The zero-order valence-electron chi connectivity index (χ0n) is 6.87. The molecule has 0 rings (SSSR count). The van der Waals surface area contributed by atoms with Crippen LogP contribution in [0, 0.1) is 0 Å². The first kappa shape index (κ1) is 18.4. The quantitative estimate of drug-likeness (QED) is 0.553. The van der Waals surface area contributed by atoms with E-state index in [0.29, 0.717) is 0 Å². The van der Waals surface area contributed by atoms with Crippen molar-refractivity contribution in [2.45, 2.75) is 11.0 Å². The van der Waals surface area contributed by atoms with E-state index in [1.807, 2.05) is 0 Å². The molecule has 0 heterocycles. The molecule has 0 aromatic carbocycles. The van der Waals surface area contributed by atoms with Crippen molar-refractivity contribution in [2.24, 2.45) is 0 Å². The smallest absolute Gasteiger partial charge is 0.421 e. The Bertz CT molecular complexity index is 390. The standard InChI is InChI=1S/C2F6NO4S2.Zn/c3-1(4,5)14(10,11)9-15(12,13)2(6,7)8;/q-1;+2. The fourth-order valence-electron chi connectivity index (χ4n) is 0.214. The van der Waals surface area contributed by atoms with Gasteiger partial charge in [0, 0.05) is 0 Å². The minimum absolute atomic E-state index is 0. The van der Waals surface area contributed by atoms with Crippen molar-refractivity contribution >= 4 is 20.0 Å². The van der Waals surface area contributed by atoms with E-state index in [1.165, 1.54) is 0 Å². The molecule has 0 amide bonds. The molecule has 14 heteroatoms. The molecule has 0 atom stereocenters. The Morgan fingerprint density at radius 1 is 0.688 bits per heavy atom. The molecular weight excluding hydrogens is 346 g/mol. The van der Waals surface area contributed by atoms with E-state index in [2.05, 4.69) is 0 Å². The third kappa shape index (κ3) is 4.14. The van der Waals surface area contributed by atoms with E-state index in [4.69, 9.17) is 0 Å². The maximum Gasteiger partial charge on any atom is 2.00 e. The molecule has 5 nitrogen and oxygen atoms in total. The number of hydrogen-bond donors (Lipinski definition) is 0. The molecular formula is C2F6NO4S2Zn+. The van der Waals surface area contributed by atoms with E-state index in [1.54, 1.807) is 0 Å². The van der Waals surface area contributed by atoms with Crippen molar-refractivity contribution < 1.29 is 62.7 Å². The summed E-state index contributed by atoms with van der Waals surface area (Å²) >= 11 is 0. The molecule has 16 heavy (non-hydrogen) atoms. The van der Waals surface area contributed by atoms with Gasteiger partial charge in [-0.25, -0.2) is 16.8 Å². The Hall–Kier alpha value is 0.0634. The number of sulfonamides is 2. The monoisotopic (exact) mass is 344 g/mol. The number of nitrogens with zero attached hydrogens (tertiary/aromatic N) is 1. The first-order valence-electron chi connectivity index (χ1n) is 2.57. The molecule has 0 bridgehead atoms. The minimum Gasteiger partial charge on any atom is -0.421 e. The summed E-state index contributed by atoms with van der Waals surface area (Å²) in [6.45, 7) is 0. The summed E-state index contributed by atoms with van der Waals surface area (Å²) in [6, 6.07) is 0. The predicted molar refractivity (Wildman–Crippen MR) is 33.3 cm³/mol. The maximum absolute atomic E-state index is 11.4. The fourth-order valence-corrected chi connectivity index (χ4v) is 1.92. The molecule has 0 saturated carbocycles. The van der Waals surface area contributed by atoms with Crippen LogP contribution < -0.4 is 0 Å². The molecule has 0 N–H and O–H groups in total. The van der Waals surface area contributed by atoms with Crippen LogP contribution in [0.4, 0.5) is 26.3 Å². The fraction of sp³-hybridized carbons (Fsp3) is 1.00. The normalized spacial score (nSPS) is 14.4. The Morgan fingerprint density at radius 2 is 0.875 bits per heavy atom. The molecule has 0 aromatic rings. The van der Waals surface area contributed by atoms with Crippen molar-refractivity contribution in [3.63, 3.8) is 0 Å². The van der Waals surface area contributed by atoms with Gasteiger partial charge in [-0.15, -0.1) is 0 Å². The molecule has 0 saturated heterocycles. The second-order valence-electron chi connectivity index (χ2n) is 1.92. The Kier molecular flexibility index (Phi) is 5.46. The Balaban J connectivity index is 0. The van der Waals surface area contributed by atoms with Gasteiger partial charge in [0.15, 0.2) is 20.0 Å². The molecule has 92 valence electrons. The largest absolute Gasteiger partial charge is 2.00 e. The average Bonchev–Trinajstić information content (AvgIpc) is 1.77. The van der Waals surface area contributed by atoms with Gasteiger partial charge in [-0.1, -0.05) is 0 Å². The summed E-state index contributed by atoms with van der Waals surface area (Å²) in [6.07, 6.45) is 0. The second-order valence-corrected chi connectivity index (χ2v) is 5.34. The van der Waals surface area contributed by atoms with Crippen LogP contribution in [0.25, 0.3) is 4.13 Å². The van der Waals surface area contributed by atoms with E-state index in [-0.39, 0.29) is 19.5 Å². The molecule has 0 unspecified atom stereocenters. The molecule has 0 fully saturated rings. The minimum atomic E-state index is -6.72.